The third-order valence-electron chi connectivity index (χ3n) is 3.21. The summed E-state index contributed by atoms with van der Waals surface area (Å²) in [4.78, 5) is 16.4. The Morgan fingerprint density at radius 2 is 1.96 bits per heavy atom. The minimum absolute atomic E-state index is 0.229. The van der Waals surface area contributed by atoms with Crippen molar-refractivity contribution in [3.63, 3.8) is 0 Å². The molecule has 0 saturated heterocycles. The van der Waals surface area contributed by atoms with Crippen LogP contribution >= 0.6 is 31.9 Å². The van der Waals surface area contributed by atoms with Gasteiger partial charge in [-0.1, -0.05) is 28.1 Å². The molecule has 0 N–H and O–H groups in total. The highest BCUT2D eigenvalue weighted by Crippen LogP contribution is 2.28. The van der Waals surface area contributed by atoms with E-state index in [1.54, 1.807) is 13.2 Å². The normalized spacial score (nSPS) is 15.5. The molecule has 1 aliphatic rings. The number of cyclic esters (lactones) is 1. The Bertz CT molecular complexity index is 843. The summed E-state index contributed by atoms with van der Waals surface area (Å²) in [7, 11) is 1.58. The van der Waals surface area contributed by atoms with E-state index in [9.17, 15) is 4.79 Å². The Balaban J connectivity index is 2.02. The molecule has 23 heavy (non-hydrogen) atoms. The molecule has 0 unspecified atom stereocenters. The molecule has 1 heterocycles. The number of hydrogen-bond acceptors (Lipinski definition) is 4. The lowest BCUT2D eigenvalue weighted by molar-refractivity contribution is -0.129. The number of esters is 1. The molecule has 0 bridgehead atoms. The zero-order chi connectivity index (χ0) is 16.4. The Morgan fingerprint density at radius 3 is 2.70 bits per heavy atom. The molecule has 6 heteroatoms. The van der Waals surface area contributed by atoms with Crippen LogP contribution in [0.2, 0.25) is 0 Å². The quantitative estimate of drug-likeness (QED) is 0.523. The number of hydrogen-bond donors (Lipinski definition) is 0. The number of nitrogens with zero attached hydrogens (tertiary/aromatic N) is 1. The van der Waals surface area contributed by atoms with Gasteiger partial charge in [-0.25, -0.2) is 9.79 Å². The van der Waals surface area contributed by atoms with Gasteiger partial charge < -0.3 is 9.47 Å². The number of rotatable bonds is 3. The van der Waals surface area contributed by atoms with Crippen molar-refractivity contribution in [2.24, 2.45) is 4.99 Å². The summed E-state index contributed by atoms with van der Waals surface area (Å²) < 4.78 is 12.3. The maximum Gasteiger partial charge on any atom is 0.363 e. The molecule has 2 aromatic carbocycles. The molecule has 0 aromatic heterocycles. The van der Waals surface area contributed by atoms with Gasteiger partial charge in [-0.15, -0.1) is 0 Å². The minimum atomic E-state index is -0.488. The second-order valence-electron chi connectivity index (χ2n) is 4.70. The first-order valence-electron chi connectivity index (χ1n) is 6.69. The van der Waals surface area contributed by atoms with Gasteiger partial charge >= 0.3 is 5.97 Å². The van der Waals surface area contributed by atoms with Crippen LogP contribution in [0.25, 0.3) is 6.08 Å². The first kappa shape index (κ1) is 16.0. The third kappa shape index (κ3) is 3.38. The standard InChI is InChI=1S/C17H11Br2NO3/c1-22-15-7-6-11(18)8-10(15)9-14-17(21)23-16(20-14)12-4-2-3-5-13(12)19/h2-9H,1H3/b14-9-. The summed E-state index contributed by atoms with van der Waals surface area (Å²) in [6.07, 6.45) is 1.65. The number of benzene rings is 2. The average molecular weight is 437 g/mol. The molecule has 116 valence electrons. The highest BCUT2D eigenvalue weighted by molar-refractivity contribution is 9.10. The van der Waals surface area contributed by atoms with Gasteiger partial charge in [0.05, 0.1) is 12.7 Å². The van der Waals surface area contributed by atoms with Gasteiger partial charge in [0.2, 0.25) is 5.90 Å². The van der Waals surface area contributed by atoms with E-state index in [4.69, 9.17) is 9.47 Å². The molecule has 1 aliphatic heterocycles. The summed E-state index contributed by atoms with van der Waals surface area (Å²) in [6.45, 7) is 0. The monoisotopic (exact) mass is 435 g/mol. The molecule has 2 aromatic rings. The zero-order valence-electron chi connectivity index (χ0n) is 12.0. The van der Waals surface area contributed by atoms with Crippen molar-refractivity contribution < 1.29 is 14.3 Å². The molecule has 0 aliphatic carbocycles. The summed E-state index contributed by atoms with van der Waals surface area (Å²) in [5.41, 5.74) is 1.70. The van der Waals surface area contributed by atoms with Gasteiger partial charge in [0.25, 0.3) is 0 Å². The van der Waals surface area contributed by atoms with Gasteiger partial charge in [-0.3, -0.25) is 0 Å². The lowest BCUT2D eigenvalue weighted by Gasteiger charge is -2.04. The summed E-state index contributed by atoms with van der Waals surface area (Å²) in [6, 6.07) is 13.0. The van der Waals surface area contributed by atoms with E-state index in [-0.39, 0.29) is 11.6 Å². The van der Waals surface area contributed by atoms with E-state index in [1.165, 1.54) is 0 Å². The number of carbonyl (C=O) groups is 1. The van der Waals surface area contributed by atoms with E-state index < -0.39 is 5.97 Å². The summed E-state index contributed by atoms with van der Waals surface area (Å²) in [5, 5.41) is 0. The van der Waals surface area contributed by atoms with Crippen LogP contribution in [-0.2, 0) is 9.53 Å². The molecular weight excluding hydrogens is 426 g/mol. The van der Waals surface area contributed by atoms with Crippen molar-refractivity contribution in [3.8, 4) is 5.75 Å². The van der Waals surface area contributed by atoms with E-state index >= 15 is 0 Å². The predicted molar refractivity (Wildman–Crippen MR) is 95.4 cm³/mol. The van der Waals surface area contributed by atoms with Crippen LogP contribution in [0.5, 0.6) is 5.75 Å². The van der Waals surface area contributed by atoms with Crippen molar-refractivity contribution >= 4 is 49.8 Å². The van der Waals surface area contributed by atoms with Gasteiger partial charge in [-0.05, 0) is 52.3 Å². The predicted octanol–water partition coefficient (Wildman–Crippen LogP) is 4.56. The third-order valence-corrected chi connectivity index (χ3v) is 4.39. The smallest absolute Gasteiger partial charge is 0.363 e. The second kappa shape index (κ2) is 6.68. The first-order valence-corrected chi connectivity index (χ1v) is 8.28. The fraction of sp³-hybridized carbons (Fsp3) is 0.0588. The molecule has 0 atom stereocenters. The number of aliphatic imine (C=N–C) groups is 1. The Kier molecular flexibility index (Phi) is 4.63. The van der Waals surface area contributed by atoms with Crippen LogP contribution < -0.4 is 4.74 Å². The van der Waals surface area contributed by atoms with Crippen LogP contribution in [0.3, 0.4) is 0 Å². The van der Waals surface area contributed by atoms with Crippen LogP contribution in [0.15, 0.2) is 62.1 Å². The van der Waals surface area contributed by atoms with E-state index in [1.807, 2.05) is 42.5 Å². The molecule has 4 nitrogen and oxygen atoms in total. The van der Waals surface area contributed by atoms with E-state index in [0.717, 1.165) is 20.1 Å². The van der Waals surface area contributed by atoms with Crippen molar-refractivity contribution in [2.45, 2.75) is 0 Å². The molecule has 0 saturated carbocycles. The fourth-order valence-electron chi connectivity index (χ4n) is 2.12. The van der Waals surface area contributed by atoms with Crippen LogP contribution in [0.1, 0.15) is 11.1 Å². The van der Waals surface area contributed by atoms with Gasteiger partial charge in [0.15, 0.2) is 5.70 Å². The Hall–Kier alpha value is -1.92. The van der Waals surface area contributed by atoms with Crippen molar-refractivity contribution in [1.29, 1.82) is 0 Å². The Labute approximate surface area is 150 Å². The van der Waals surface area contributed by atoms with Crippen LogP contribution in [0.4, 0.5) is 0 Å². The molecular formula is C17H11Br2NO3. The maximum absolute atomic E-state index is 12.1. The number of carbonyl (C=O) groups excluding carboxylic acids is 1. The zero-order valence-corrected chi connectivity index (χ0v) is 15.2. The molecule has 0 fully saturated rings. The van der Waals surface area contributed by atoms with Crippen LogP contribution in [-0.4, -0.2) is 19.0 Å². The van der Waals surface area contributed by atoms with Crippen molar-refractivity contribution in [3.05, 3.63) is 68.2 Å². The van der Waals surface area contributed by atoms with E-state index in [0.29, 0.717) is 5.75 Å². The first-order chi connectivity index (χ1) is 11.1. The maximum atomic E-state index is 12.1. The molecule has 0 amide bonds. The molecule has 0 spiro atoms. The van der Waals surface area contributed by atoms with Gasteiger partial charge in [0.1, 0.15) is 5.75 Å². The fourth-order valence-corrected chi connectivity index (χ4v) is 2.96. The SMILES string of the molecule is COc1ccc(Br)cc1/C=C1\N=C(c2ccccc2Br)OC1=O. The lowest BCUT2D eigenvalue weighted by Crippen LogP contribution is -2.05. The lowest BCUT2D eigenvalue weighted by atomic mass is 10.1. The Morgan fingerprint density at radius 1 is 1.17 bits per heavy atom. The number of halogens is 2. The largest absolute Gasteiger partial charge is 0.496 e. The molecule has 3 rings (SSSR count). The second-order valence-corrected chi connectivity index (χ2v) is 6.47. The summed E-state index contributed by atoms with van der Waals surface area (Å²) >= 11 is 6.83. The molecule has 0 radical (unpaired) electrons. The van der Waals surface area contributed by atoms with Gasteiger partial charge in [0, 0.05) is 14.5 Å². The van der Waals surface area contributed by atoms with Crippen molar-refractivity contribution in [2.75, 3.05) is 7.11 Å². The highest BCUT2D eigenvalue weighted by atomic mass is 79.9. The van der Waals surface area contributed by atoms with Crippen LogP contribution in [0, 0.1) is 0 Å². The average Bonchev–Trinajstić information content (AvgIpc) is 2.89. The van der Waals surface area contributed by atoms with Gasteiger partial charge in [-0.2, -0.15) is 0 Å². The summed E-state index contributed by atoms with van der Waals surface area (Å²) in [5.74, 6) is 0.443. The van der Waals surface area contributed by atoms with E-state index in [2.05, 4.69) is 36.9 Å². The highest BCUT2D eigenvalue weighted by Gasteiger charge is 2.25. The number of methoxy groups -OCH3 is 1. The van der Waals surface area contributed by atoms with Crippen molar-refractivity contribution in [1.82, 2.24) is 0 Å². The number of ether oxygens (including phenoxy) is 2. The topological polar surface area (TPSA) is 47.9 Å². The minimum Gasteiger partial charge on any atom is -0.496 e.